The van der Waals surface area contributed by atoms with Crippen molar-refractivity contribution >= 4 is 22.5 Å². The fraction of sp³-hybridized carbons (Fsp3) is 0.250. The van der Waals surface area contributed by atoms with Gasteiger partial charge in [0.2, 0.25) is 0 Å². The van der Waals surface area contributed by atoms with Gasteiger partial charge in [0.1, 0.15) is 5.56 Å². The topological polar surface area (TPSA) is 124 Å². The van der Waals surface area contributed by atoms with E-state index in [9.17, 15) is 24.4 Å². The third kappa shape index (κ3) is 2.29. The molecule has 0 radical (unpaired) electrons. The van der Waals surface area contributed by atoms with Crippen LogP contribution in [0.4, 0.5) is 11.4 Å². The summed E-state index contributed by atoms with van der Waals surface area (Å²) in [6, 6.07) is 0.883. The number of hydrogen-bond donors (Lipinski definition) is 1. The first-order valence-corrected chi connectivity index (χ1v) is 5.41. The van der Waals surface area contributed by atoms with E-state index in [1.807, 2.05) is 0 Å². The van der Waals surface area contributed by atoms with Crippen molar-refractivity contribution in [2.75, 3.05) is 0 Å². The normalized spacial score (nSPS) is 12.2. The van der Waals surface area contributed by atoms with Crippen molar-refractivity contribution in [3.63, 3.8) is 0 Å². The van der Waals surface area contributed by atoms with Gasteiger partial charge in [-0.1, -0.05) is 0 Å². The second-order valence-electron chi connectivity index (χ2n) is 3.26. The van der Waals surface area contributed by atoms with Crippen molar-refractivity contribution in [1.82, 2.24) is 0 Å². The van der Waals surface area contributed by atoms with Crippen LogP contribution in [0, 0.1) is 34.1 Å². The highest BCUT2D eigenvalue weighted by Gasteiger charge is 2.28. The third-order valence-electron chi connectivity index (χ3n) is 2.30. The van der Waals surface area contributed by atoms with Gasteiger partial charge < -0.3 is 4.55 Å². The average Bonchev–Trinajstić information content (AvgIpc) is 2.15. The van der Waals surface area contributed by atoms with Crippen LogP contribution in [0.5, 0.6) is 0 Å². The molecule has 0 aliphatic heterocycles. The molecule has 0 bridgehead atoms. The lowest BCUT2D eigenvalue weighted by Gasteiger charge is -2.06. The Bertz CT molecular complexity index is 503. The Balaban J connectivity index is 3.76. The van der Waals surface area contributed by atoms with E-state index in [0.717, 1.165) is 6.07 Å². The molecule has 9 heteroatoms. The molecule has 1 aromatic rings. The van der Waals surface area contributed by atoms with E-state index in [4.69, 9.17) is 4.55 Å². The van der Waals surface area contributed by atoms with E-state index in [2.05, 4.69) is 0 Å². The molecule has 17 heavy (non-hydrogen) atoms. The summed E-state index contributed by atoms with van der Waals surface area (Å²) in [6.45, 7) is 2.51. The molecule has 8 nitrogen and oxygen atoms in total. The van der Waals surface area contributed by atoms with Crippen LogP contribution in [0.1, 0.15) is 11.1 Å². The van der Waals surface area contributed by atoms with Gasteiger partial charge in [0.05, 0.1) is 14.7 Å². The summed E-state index contributed by atoms with van der Waals surface area (Å²) in [5, 5.41) is 21.5. The number of hydrogen-bond acceptors (Lipinski definition) is 5. The molecule has 0 saturated carbocycles. The van der Waals surface area contributed by atoms with Crippen LogP contribution in [-0.2, 0) is 11.1 Å². The van der Waals surface area contributed by atoms with Crippen LogP contribution in [0.3, 0.4) is 0 Å². The predicted octanol–water partition coefficient (Wildman–Crippen LogP) is 1.70. The smallest absolute Gasteiger partial charge is 0.283 e. The number of nitro benzene ring substituents is 2. The lowest BCUT2D eigenvalue weighted by molar-refractivity contribution is -0.396. The van der Waals surface area contributed by atoms with Crippen molar-refractivity contribution in [1.29, 1.82) is 0 Å². The molecule has 0 spiro atoms. The zero-order chi connectivity index (χ0) is 13.3. The highest BCUT2D eigenvalue weighted by molar-refractivity contribution is 7.79. The molecule has 1 aromatic carbocycles. The van der Waals surface area contributed by atoms with E-state index in [-0.39, 0.29) is 16.0 Å². The summed E-state index contributed by atoms with van der Waals surface area (Å²) >= 11 is -2.51. The second-order valence-corrected chi connectivity index (χ2v) is 4.19. The Labute approximate surface area is 97.8 Å². The van der Waals surface area contributed by atoms with Gasteiger partial charge in [0.25, 0.3) is 11.4 Å². The maximum atomic E-state index is 10.9. The van der Waals surface area contributed by atoms with Gasteiger partial charge in [0.15, 0.2) is 11.1 Å². The molecule has 1 rings (SSSR count). The van der Waals surface area contributed by atoms with Gasteiger partial charge >= 0.3 is 0 Å². The first-order chi connectivity index (χ1) is 7.77. The van der Waals surface area contributed by atoms with E-state index >= 15 is 0 Å². The minimum Gasteiger partial charge on any atom is -0.302 e. The van der Waals surface area contributed by atoms with Crippen molar-refractivity contribution in [2.45, 2.75) is 18.7 Å². The van der Waals surface area contributed by atoms with Crippen LogP contribution >= 0.6 is 0 Å². The van der Waals surface area contributed by atoms with Crippen LogP contribution in [-0.4, -0.2) is 18.6 Å². The molecule has 1 atom stereocenters. The number of rotatable bonds is 3. The molecule has 0 amide bonds. The van der Waals surface area contributed by atoms with Gasteiger partial charge in [-0.25, -0.2) is 4.21 Å². The average molecular weight is 260 g/mol. The summed E-state index contributed by atoms with van der Waals surface area (Å²) < 4.78 is 19.9. The van der Waals surface area contributed by atoms with E-state index in [1.54, 1.807) is 0 Å². The summed E-state index contributed by atoms with van der Waals surface area (Å²) in [7, 11) is 0. The molecule has 0 heterocycles. The summed E-state index contributed by atoms with van der Waals surface area (Å²) in [5.41, 5.74) is -1.22. The van der Waals surface area contributed by atoms with Crippen molar-refractivity contribution < 1.29 is 18.6 Å². The van der Waals surface area contributed by atoms with Crippen LogP contribution in [0.2, 0.25) is 0 Å². The zero-order valence-electron chi connectivity index (χ0n) is 8.87. The van der Waals surface area contributed by atoms with Crippen molar-refractivity contribution in [3.05, 3.63) is 37.4 Å². The molecule has 0 aromatic heterocycles. The molecule has 1 N–H and O–H groups in total. The summed E-state index contributed by atoms with van der Waals surface area (Å²) in [4.78, 5) is 19.5. The van der Waals surface area contributed by atoms with Crippen molar-refractivity contribution in [3.8, 4) is 0 Å². The molecular weight excluding hydrogens is 252 g/mol. The van der Waals surface area contributed by atoms with Gasteiger partial charge in [-0.3, -0.25) is 20.2 Å². The lowest BCUT2D eigenvalue weighted by atomic mass is 10.1. The minimum atomic E-state index is -2.51. The van der Waals surface area contributed by atoms with Crippen LogP contribution in [0.25, 0.3) is 0 Å². The van der Waals surface area contributed by atoms with Gasteiger partial charge in [0, 0.05) is 11.6 Å². The molecule has 0 aliphatic rings. The Kier molecular flexibility index (Phi) is 3.53. The van der Waals surface area contributed by atoms with Gasteiger partial charge in [-0.15, -0.1) is 0 Å². The number of nitrogens with zero attached hydrogens (tertiary/aromatic N) is 2. The second kappa shape index (κ2) is 4.55. The standard InChI is InChI=1S/C8H8N2O6S/c1-4-6(9(11)12)3-7(17(15)16)5(2)8(4)10(13)14/h3H,1-2H3,(H,15,16). The lowest BCUT2D eigenvalue weighted by Crippen LogP contribution is -2.04. The van der Waals surface area contributed by atoms with Gasteiger partial charge in [-0.05, 0) is 13.8 Å². The molecule has 0 saturated heterocycles. The van der Waals surface area contributed by atoms with Crippen LogP contribution in [0.15, 0.2) is 11.0 Å². The third-order valence-corrected chi connectivity index (χ3v) is 3.10. The molecule has 92 valence electrons. The quantitative estimate of drug-likeness (QED) is 0.501. The van der Waals surface area contributed by atoms with Gasteiger partial charge in [-0.2, -0.15) is 0 Å². The minimum absolute atomic E-state index is 0.0427. The number of benzene rings is 1. The molecule has 0 fully saturated rings. The molecule has 1 unspecified atom stereocenters. The first-order valence-electron chi connectivity index (χ1n) is 4.31. The monoisotopic (exact) mass is 260 g/mol. The fourth-order valence-electron chi connectivity index (χ4n) is 1.50. The Morgan fingerprint density at radius 2 is 1.71 bits per heavy atom. The van der Waals surface area contributed by atoms with E-state index in [0.29, 0.717) is 0 Å². The maximum Gasteiger partial charge on any atom is 0.283 e. The molecule has 0 aliphatic carbocycles. The van der Waals surface area contributed by atoms with E-state index < -0.39 is 32.3 Å². The highest BCUT2D eigenvalue weighted by atomic mass is 32.2. The van der Waals surface area contributed by atoms with Crippen molar-refractivity contribution in [2.24, 2.45) is 0 Å². The fourth-order valence-corrected chi connectivity index (χ4v) is 2.08. The first kappa shape index (κ1) is 13.2. The summed E-state index contributed by atoms with van der Waals surface area (Å²) in [5.74, 6) is 0. The zero-order valence-corrected chi connectivity index (χ0v) is 9.68. The van der Waals surface area contributed by atoms with Crippen LogP contribution < -0.4 is 0 Å². The Hall–Kier alpha value is -1.87. The largest absolute Gasteiger partial charge is 0.302 e. The Morgan fingerprint density at radius 1 is 1.18 bits per heavy atom. The predicted molar refractivity (Wildman–Crippen MR) is 58.3 cm³/mol. The summed E-state index contributed by atoms with van der Waals surface area (Å²) in [6.07, 6.45) is 0. The SMILES string of the molecule is Cc1c([N+](=O)[O-])cc(S(=O)O)c(C)c1[N+](=O)[O-]. The highest BCUT2D eigenvalue weighted by Crippen LogP contribution is 2.34. The maximum absolute atomic E-state index is 10.9. The molecular formula is C8H8N2O6S. The van der Waals surface area contributed by atoms with E-state index in [1.165, 1.54) is 13.8 Å². The number of nitro groups is 2. The Morgan fingerprint density at radius 3 is 2.06 bits per heavy atom.